The fraction of sp³-hybridized carbons (Fsp3) is 0.143. The number of aromatic nitrogens is 2. The van der Waals surface area contributed by atoms with Crippen LogP contribution in [0.1, 0.15) is 11.5 Å². The fourth-order valence-electron chi connectivity index (χ4n) is 0.588. The van der Waals surface area contributed by atoms with Crippen molar-refractivity contribution in [2.75, 3.05) is 0 Å². The summed E-state index contributed by atoms with van der Waals surface area (Å²) in [6, 6.07) is 1.82. The molecule has 0 atom stereocenters. The Kier molecular flexibility index (Phi) is 1.58. The second kappa shape index (κ2) is 2.40. The van der Waals surface area contributed by atoms with Crippen LogP contribution in [0.4, 0.5) is 0 Å². The minimum atomic E-state index is 0.785. The monoisotopic (exact) mass is 120 g/mol. The van der Waals surface area contributed by atoms with Crippen molar-refractivity contribution >= 4 is 6.08 Å². The molecule has 9 heavy (non-hydrogen) atoms. The molecule has 0 aliphatic carbocycles. The fourth-order valence-corrected chi connectivity index (χ4v) is 0.588. The van der Waals surface area contributed by atoms with Crippen LogP contribution in [0.15, 0.2) is 18.8 Å². The van der Waals surface area contributed by atoms with Gasteiger partial charge in [-0.15, -0.1) is 0 Å². The van der Waals surface area contributed by atoms with E-state index >= 15 is 0 Å². The number of aryl methyl sites for hydroxylation is 1. The van der Waals surface area contributed by atoms with Gasteiger partial charge in [0, 0.05) is 6.20 Å². The summed E-state index contributed by atoms with van der Waals surface area (Å²) in [7, 11) is 0. The van der Waals surface area contributed by atoms with Crippen LogP contribution in [0, 0.1) is 6.92 Å². The highest BCUT2D eigenvalue weighted by Crippen LogP contribution is 1.93. The summed E-state index contributed by atoms with van der Waals surface area (Å²) in [6.45, 7) is 5.44. The smallest absolute Gasteiger partial charge is 0.125 e. The van der Waals surface area contributed by atoms with Gasteiger partial charge in [0.05, 0.1) is 5.69 Å². The summed E-state index contributed by atoms with van der Waals surface area (Å²) in [5.74, 6) is 0.785. The third kappa shape index (κ3) is 1.35. The maximum atomic E-state index is 4.06. The minimum Gasteiger partial charge on any atom is -0.242 e. The van der Waals surface area contributed by atoms with E-state index < -0.39 is 0 Å². The topological polar surface area (TPSA) is 25.8 Å². The summed E-state index contributed by atoms with van der Waals surface area (Å²) in [4.78, 5) is 7.99. The predicted molar refractivity (Wildman–Crippen MR) is 36.9 cm³/mol. The standard InChI is InChI=1S/C7H8N2/c1-3-7-4-5-8-6(2)9-7/h3-5H,1H2,2H3. The van der Waals surface area contributed by atoms with Crippen molar-refractivity contribution in [3.63, 3.8) is 0 Å². The third-order valence-electron chi connectivity index (χ3n) is 1.01. The molecule has 2 nitrogen and oxygen atoms in total. The molecule has 0 N–H and O–H groups in total. The molecule has 0 spiro atoms. The Bertz CT molecular complexity index is 218. The zero-order valence-electron chi connectivity index (χ0n) is 5.33. The lowest BCUT2D eigenvalue weighted by molar-refractivity contribution is 1.04. The molecular weight excluding hydrogens is 112 g/mol. The van der Waals surface area contributed by atoms with Crippen molar-refractivity contribution in [3.8, 4) is 0 Å². The second-order valence-electron chi connectivity index (χ2n) is 1.73. The Hall–Kier alpha value is -1.18. The van der Waals surface area contributed by atoms with Gasteiger partial charge >= 0.3 is 0 Å². The van der Waals surface area contributed by atoms with E-state index in [1.807, 2.05) is 13.0 Å². The van der Waals surface area contributed by atoms with Crippen molar-refractivity contribution in [2.24, 2.45) is 0 Å². The molecule has 1 rings (SSSR count). The summed E-state index contributed by atoms with van der Waals surface area (Å²) in [5.41, 5.74) is 0.877. The van der Waals surface area contributed by atoms with Gasteiger partial charge in [-0.05, 0) is 19.1 Å². The third-order valence-corrected chi connectivity index (χ3v) is 1.01. The maximum absolute atomic E-state index is 4.06. The highest BCUT2D eigenvalue weighted by atomic mass is 14.9. The summed E-state index contributed by atoms with van der Waals surface area (Å²) in [5, 5.41) is 0. The number of nitrogens with zero attached hydrogens (tertiary/aromatic N) is 2. The van der Waals surface area contributed by atoms with Gasteiger partial charge in [-0.3, -0.25) is 0 Å². The molecule has 1 aromatic rings. The zero-order chi connectivity index (χ0) is 6.69. The first-order valence-electron chi connectivity index (χ1n) is 2.75. The molecule has 0 radical (unpaired) electrons. The quantitative estimate of drug-likeness (QED) is 0.560. The first-order valence-corrected chi connectivity index (χ1v) is 2.75. The number of rotatable bonds is 1. The van der Waals surface area contributed by atoms with Gasteiger partial charge in [-0.2, -0.15) is 0 Å². The van der Waals surface area contributed by atoms with Gasteiger partial charge in [0.25, 0.3) is 0 Å². The van der Waals surface area contributed by atoms with E-state index in [4.69, 9.17) is 0 Å². The molecule has 46 valence electrons. The average molecular weight is 120 g/mol. The molecule has 0 bridgehead atoms. The van der Waals surface area contributed by atoms with Crippen LogP contribution in [0.3, 0.4) is 0 Å². The van der Waals surface area contributed by atoms with E-state index in [1.165, 1.54) is 0 Å². The molecule has 0 saturated heterocycles. The number of hydrogen-bond acceptors (Lipinski definition) is 2. The Labute approximate surface area is 54.3 Å². The molecule has 0 amide bonds. The van der Waals surface area contributed by atoms with E-state index in [9.17, 15) is 0 Å². The molecule has 1 aromatic heterocycles. The first-order chi connectivity index (χ1) is 4.33. The Morgan fingerprint density at radius 2 is 2.44 bits per heavy atom. The normalized spacial score (nSPS) is 9.00. The Balaban J connectivity index is 3.07. The van der Waals surface area contributed by atoms with Crippen LogP contribution in [-0.2, 0) is 0 Å². The minimum absolute atomic E-state index is 0.785. The summed E-state index contributed by atoms with van der Waals surface area (Å²) < 4.78 is 0. The lowest BCUT2D eigenvalue weighted by Gasteiger charge is -1.90. The molecule has 0 fully saturated rings. The maximum Gasteiger partial charge on any atom is 0.125 e. The number of hydrogen-bond donors (Lipinski definition) is 0. The Morgan fingerprint density at radius 1 is 1.67 bits per heavy atom. The molecule has 0 saturated carbocycles. The van der Waals surface area contributed by atoms with Gasteiger partial charge in [0.15, 0.2) is 0 Å². The van der Waals surface area contributed by atoms with Crippen molar-refractivity contribution in [1.82, 2.24) is 9.97 Å². The highest BCUT2D eigenvalue weighted by molar-refractivity contribution is 5.39. The largest absolute Gasteiger partial charge is 0.242 e. The van der Waals surface area contributed by atoms with Crippen LogP contribution >= 0.6 is 0 Å². The van der Waals surface area contributed by atoms with Crippen molar-refractivity contribution in [1.29, 1.82) is 0 Å². The van der Waals surface area contributed by atoms with E-state index in [0.29, 0.717) is 0 Å². The van der Waals surface area contributed by atoms with Gasteiger partial charge in [0.1, 0.15) is 5.82 Å². The van der Waals surface area contributed by atoms with E-state index in [-0.39, 0.29) is 0 Å². The van der Waals surface area contributed by atoms with Crippen LogP contribution < -0.4 is 0 Å². The van der Waals surface area contributed by atoms with Gasteiger partial charge in [-0.25, -0.2) is 9.97 Å². The zero-order valence-corrected chi connectivity index (χ0v) is 5.33. The van der Waals surface area contributed by atoms with Crippen molar-refractivity contribution in [2.45, 2.75) is 6.92 Å². The van der Waals surface area contributed by atoms with E-state index in [1.54, 1.807) is 12.3 Å². The highest BCUT2D eigenvalue weighted by Gasteiger charge is 1.85. The SMILES string of the molecule is C=Cc1ccnc(C)n1. The van der Waals surface area contributed by atoms with Gasteiger partial charge < -0.3 is 0 Å². The molecule has 0 unspecified atom stereocenters. The lowest BCUT2D eigenvalue weighted by Crippen LogP contribution is -1.86. The van der Waals surface area contributed by atoms with Crippen LogP contribution in [0.25, 0.3) is 6.08 Å². The van der Waals surface area contributed by atoms with Gasteiger partial charge in [0.2, 0.25) is 0 Å². The van der Waals surface area contributed by atoms with Gasteiger partial charge in [-0.1, -0.05) is 6.58 Å². The van der Waals surface area contributed by atoms with E-state index in [2.05, 4.69) is 16.5 Å². The molecule has 0 aliphatic rings. The predicted octanol–water partition coefficient (Wildman–Crippen LogP) is 1.43. The van der Waals surface area contributed by atoms with Crippen molar-refractivity contribution < 1.29 is 0 Å². The molecular formula is C7H8N2. The van der Waals surface area contributed by atoms with Crippen molar-refractivity contribution in [3.05, 3.63) is 30.4 Å². The average Bonchev–Trinajstić information content (AvgIpc) is 1.88. The first kappa shape index (κ1) is 5.95. The van der Waals surface area contributed by atoms with Crippen LogP contribution in [-0.4, -0.2) is 9.97 Å². The van der Waals surface area contributed by atoms with E-state index in [0.717, 1.165) is 11.5 Å². The molecule has 1 heterocycles. The van der Waals surface area contributed by atoms with Crippen LogP contribution in [0.5, 0.6) is 0 Å². The summed E-state index contributed by atoms with van der Waals surface area (Å²) >= 11 is 0. The lowest BCUT2D eigenvalue weighted by atomic mass is 10.4. The Morgan fingerprint density at radius 3 is 2.89 bits per heavy atom. The second-order valence-corrected chi connectivity index (χ2v) is 1.73. The molecule has 0 aromatic carbocycles. The molecule has 2 heteroatoms. The molecule has 0 aliphatic heterocycles. The van der Waals surface area contributed by atoms with Crippen LogP contribution in [0.2, 0.25) is 0 Å². The summed E-state index contributed by atoms with van der Waals surface area (Å²) in [6.07, 6.45) is 3.42.